The van der Waals surface area contributed by atoms with E-state index in [9.17, 15) is 15.2 Å². The average Bonchev–Trinajstić information content (AvgIpc) is 2.60. The summed E-state index contributed by atoms with van der Waals surface area (Å²) in [6.07, 6.45) is 5.52. The van der Waals surface area contributed by atoms with Gasteiger partial charge in [0.25, 0.3) is 0 Å². The van der Waals surface area contributed by atoms with Crippen LogP contribution < -0.4 is 5.32 Å². The number of aromatic nitrogens is 2. The highest BCUT2D eigenvalue weighted by Crippen LogP contribution is 2.30. The number of aliphatic hydroxyl groups is 1. The normalized spacial score (nSPS) is 18.0. The van der Waals surface area contributed by atoms with E-state index in [0.717, 1.165) is 25.7 Å². The fourth-order valence-corrected chi connectivity index (χ4v) is 2.90. The zero-order valence-electron chi connectivity index (χ0n) is 11.9. The third-order valence-electron chi connectivity index (χ3n) is 3.83. The van der Waals surface area contributed by atoms with Crippen molar-refractivity contribution in [2.24, 2.45) is 0 Å². The lowest BCUT2D eigenvalue weighted by Gasteiger charge is -2.27. The number of aryl methyl sites for hydroxylation is 1. The van der Waals surface area contributed by atoms with Crippen LogP contribution >= 0.6 is 11.6 Å². The molecule has 1 saturated carbocycles. The number of halogens is 1. The topological polar surface area (TPSA) is 101 Å². The molecule has 0 atom stereocenters. The van der Waals surface area contributed by atoms with E-state index in [1.807, 2.05) is 0 Å². The average molecular weight is 315 g/mol. The Balaban J connectivity index is 2.17. The molecule has 0 aliphatic heterocycles. The summed E-state index contributed by atoms with van der Waals surface area (Å²) >= 11 is 5.76. The first-order valence-corrected chi connectivity index (χ1v) is 7.44. The predicted molar refractivity (Wildman–Crippen MR) is 79.6 cm³/mol. The van der Waals surface area contributed by atoms with Gasteiger partial charge >= 0.3 is 5.69 Å². The monoisotopic (exact) mass is 314 g/mol. The standard InChI is InChI=1S/C13H19ClN4O3/c1-9-10(18(20)21)11(17-12(14)16-9)15-8-13(19)6-4-2-3-5-7-13/h19H,2-8H2,1H3,(H,15,16,17). The number of anilines is 1. The zero-order valence-corrected chi connectivity index (χ0v) is 12.7. The molecule has 1 aromatic rings. The molecule has 2 rings (SSSR count). The van der Waals surface area contributed by atoms with Crippen LogP contribution in [0.4, 0.5) is 11.5 Å². The molecule has 0 unspecified atom stereocenters. The Morgan fingerprint density at radius 3 is 2.52 bits per heavy atom. The molecule has 0 bridgehead atoms. The van der Waals surface area contributed by atoms with Crippen LogP contribution in [0.25, 0.3) is 0 Å². The Morgan fingerprint density at radius 2 is 1.95 bits per heavy atom. The van der Waals surface area contributed by atoms with E-state index < -0.39 is 10.5 Å². The van der Waals surface area contributed by atoms with Crippen molar-refractivity contribution in [1.82, 2.24) is 9.97 Å². The molecule has 2 N–H and O–H groups in total. The van der Waals surface area contributed by atoms with Crippen molar-refractivity contribution in [1.29, 1.82) is 0 Å². The minimum atomic E-state index is -0.851. The first-order chi connectivity index (χ1) is 9.91. The van der Waals surface area contributed by atoms with Crippen molar-refractivity contribution < 1.29 is 10.0 Å². The molecule has 1 aromatic heterocycles. The van der Waals surface area contributed by atoms with Crippen LogP contribution in [0.3, 0.4) is 0 Å². The van der Waals surface area contributed by atoms with Gasteiger partial charge in [-0.3, -0.25) is 10.1 Å². The molecule has 1 fully saturated rings. The zero-order chi connectivity index (χ0) is 15.5. The van der Waals surface area contributed by atoms with Crippen molar-refractivity contribution in [3.63, 3.8) is 0 Å². The highest BCUT2D eigenvalue weighted by molar-refractivity contribution is 6.28. The van der Waals surface area contributed by atoms with Gasteiger partial charge in [-0.25, -0.2) is 4.98 Å². The van der Waals surface area contributed by atoms with Crippen molar-refractivity contribution in [2.75, 3.05) is 11.9 Å². The van der Waals surface area contributed by atoms with Crippen LogP contribution in [0.5, 0.6) is 0 Å². The van der Waals surface area contributed by atoms with Crippen LogP contribution in [-0.2, 0) is 0 Å². The predicted octanol–water partition coefficient (Wildman–Crippen LogP) is 2.84. The van der Waals surface area contributed by atoms with Crippen LogP contribution in [0, 0.1) is 17.0 Å². The summed E-state index contributed by atoms with van der Waals surface area (Å²) in [6.45, 7) is 1.73. The lowest BCUT2D eigenvalue weighted by Crippen LogP contribution is -2.36. The molecule has 1 aliphatic rings. The van der Waals surface area contributed by atoms with Gasteiger partial charge in [-0.05, 0) is 31.4 Å². The molecule has 0 radical (unpaired) electrons. The summed E-state index contributed by atoms with van der Waals surface area (Å²) in [5.74, 6) is 0.0650. The van der Waals surface area contributed by atoms with Crippen molar-refractivity contribution >= 4 is 23.1 Å². The second kappa shape index (κ2) is 6.53. The maximum absolute atomic E-state index is 11.1. The maximum Gasteiger partial charge on any atom is 0.332 e. The molecule has 0 amide bonds. The van der Waals surface area contributed by atoms with E-state index in [-0.39, 0.29) is 29.0 Å². The molecule has 21 heavy (non-hydrogen) atoms. The van der Waals surface area contributed by atoms with Crippen LogP contribution in [0.15, 0.2) is 0 Å². The highest BCUT2D eigenvalue weighted by Gasteiger charge is 2.30. The van der Waals surface area contributed by atoms with Gasteiger partial charge in [0.15, 0.2) is 0 Å². The molecule has 8 heteroatoms. The van der Waals surface area contributed by atoms with E-state index >= 15 is 0 Å². The Kier molecular flexibility index (Phi) is 4.95. The first-order valence-electron chi connectivity index (χ1n) is 7.06. The number of hydrogen-bond acceptors (Lipinski definition) is 6. The summed E-state index contributed by atoms with van der Waals surface area (Å²) in [5, 5.41) is 24.5. The van der Waals surface area contributed by atoms with Crippen LogP contribution in [-0.4, -0.2) is 32.1 Å². The first kappa shape index (κ1) is 15.9. The van der Waals surface area contributed by atoms with Crippen LogP contribution in [0.1, 0.15) is 44.2 Å². The lowest BCUT2D eigenvalue weighted by atomic mass is 9.94. The third-order valence-corrected chi connectivity index (χ3v) is 4.00. The largest absolute Gasteiger partial charge is 0.388 e. The third kappa shape index (κ3) is 4.01. The van der Waals surface area contributed by atoms with Crippen molar-refractivity contribution in [2.45, 2.75) is 51.0 Å². The molecule has 0 aromatic carbocycles. The van der Waals surface area contributed by atoms with Gasteiger partial charge in [-0.2, -0.15) is 4.98 Å². The fourth-order valence-electron chi connectivity index (χ4n) is 2.69. The fraction of sp³-hybridized carbons (Fsp3) is 0.692. The maximum atomic E-state index is 11.1. The second-order valence-electron chi connectivity index (χ2n) is 5.52. The molecule has 1 heterocycles. The smallest absolute Gasteiger partial charge is 0.332 e. The Hall–Kier alpha value is -1.47. The van der Waals surface area contributed by atoms with Crippen molar-refractivity contribution in [3.05, 3.63) is 21.1 Å². The summed E-state index contributed by atoms with van der Waals surface area (Å²) in [4.78, 5) is 18.3. The number of nitrogens with zero attached hydrogens (tertiary/aromatic N) is 3. The van der Waals surface area contributed by atoms with E-state index in [1.54, 1.807) is 0 Å². The summed E-state index contributed by atoms with van der Waals surface area (Å²) in [5.41, 5.74) is -0.845. The molecular formula is C13H19ClN4O3. The minimum Gasteiger partial charge on any atom is -0.388 e. The van der Waals surface area contributed by atoms with Gasteiger partial charge < -0.3 is 10.4 Å². The quantitative estimate of drug-likeness (QED) is 0.383. The molecular weight excluding hydrogens is 296 g/mol. The van der Waals surface area contributed by atoms with Gasteiger partial charge in [0.1, 0.15) is 5.69 Å². The summed E-state index contributed by atoms with van der Waals surface area (Å²) in [6, 6.07) is 0. The summed E-state index contributed by atoms with van der Waals surface area (Å²) < 4.78 is 0. The molecule has 0 saturated heterocycles. The van der Waals surface area contributed by atoms with E-state index in [0.29, 0.717) is 12.8 Å². The Bertz CT molecular complexity index is 530. The number of nitro groups is 1. The molecule has 7 nitrogen and oxygen atoms in total. The Labute approximate surface area is 127 Å². The number of nitrogens with one attached hydrogen (secondary N) is 1. The lowest BCUT2D eigenvalue weighted by molar-refractivity contribution is -0.385. The van der Waals surface area contributed by atoms with Gasteiger partial charge in [-0.15, -0.1) is 0 Å². The molecule has 0 spiro atoms. The minimum absolute atomic E-state index is 0.0477. The Morgan fingerprint density at radius 1 is 1.33 bits per heavy atom. The van der Waals surface area contributed by atoms with E-state index in [2.05, 4.69) is 15.3 Å². The SMILES string of the molecule is Cc1nc(Cl)nc(NCC2(O)CCCCCC2)c1[N+](=O)[O-]. The second-order valence-corrected chi connectivity index (χ2v) is 5.86. The highest BCUT2D eigenvalue weighted by atomic mass is 35.5. The number of hydrogen-bond donors (Lipinski definition) is 2. The van der Waals surface area contributed by atoms with Gasteiger partial charge in [0.05, 0.1) is 10.5 Å². The summed E-state index contributed by atoms with van der Waals surface area (Å²) in [7, 11) is 0. The van der Waals surface area contributed by atoms with Crippen LogP contribution in [0.2, 0.25) is 5.28 Å². The van der Waals surface area contributed by atoms with Gasteiger partial charge in [-0.1, -0.05) is 25.7 Å². The van der Waals surface area contributed by atoms with Crippen molar-refractivity contribution in [3.8, 4) is 0 Å². The van der Waals surface area contributed by atoms with Gasteiger partial charge in [0, 0.05) is 6.54 Å². The number of rotatable bonds is 4. The van der Waals surface area contributed by atoms with Gasteiger partial charge in [0.2, 0.25) is 11.1 Å². The molecule has 1 aliphatic carbocycles. The van der Waals surface area contributed by atoms with E-state index in [4.69, 9.17) is 11.6 Å². The van der Waals surface area contributed by atoms with E-state index in [1.165, 1.54) is 6.92 Å². The molecule has 116 valence electrons.